The van der Waals surface area contributed by atoms with E-state index in [1.807, 2.05) is 12.1 Å². The Morgan fingerprint density at radius 3 is 1.83 bits per heavy atom. The van der Waals surface area contributed by atoms with Gasteiger partial charge in [0.15, 0.2) is 0 Å². The number of hydrogen-bond acceptors (Lipinski definition) is 0. The Hall–Kier alpha value is -3.67. The van der Waals surface area contributed by atoms with Crippen LogP contribution < -0.4 is 0 Å². The molecule has 0 heterocycles. The zero-order valence-electron chi connectivity index (χ0n) is 24.9. The van der Waals surface area contributed by atoms with Crippen molar-refractivity contribution in [3.8, 4) is 11.1 Å². The fraction of sp³-hybridized carbons (Fsp3) is 0.146. The van der Waals surface area contributed by atoms with Crippen molar-refractivity contribution < 1.29 is 24.2 Å². The van der Waals surface area contributed by atoms with E-state index in [4.69, 9.17) is 0 Å². The molecule has 0 saturated carbocycles. The zero-order valence-corrected chi connectivity index (χ0v) is 27.4. The Balaban J connectivity index is 0.000000127. The molecule has 204 valence electrons. The largest absolute Gasteiger partial charge is 0.179 e. The molecule has 0 fully saturated rings. The third-order valence-electron chi connectivity index (χ3n) is 7.65. The van der Waals surface area contributed by atoms with Gasteiger partial charge in [0.05, 0.1) is 0 Å². The summed E-state index contributed by atoms with van der Waals surface area (Å²) in [6, 6.07) is 46.1. The van der Waals surface area contributed by atoms with Crippen molar-refractivity contribution in [1.29, 1.82) is 0 Å². The van der Waals surface area contributed by atoms with Crippen LogP contribution in [-0.4, -0.2) is 3.21 Å². The van der Waals surface area contributed by atoms with Gasteiger partial charge in [-0.05, 0) is 6.42 Å². The molecule has 7 rings (SSSR count). The molecular formula is C41H36Zr. The summed E-state index contributed by atoms with van der Waals surface area (Å²) in [6.45, 7) is 8.54. The van der Waals surface area contributed by atoms with Crippen molar-refractivity contribution in [3.63, 3.8) is 0 Å². The van der Waals surface area contributed by atoms with Gasteiger partial charge in [-0.2, -0.15) is 41.5 Å². The molecule has 0 nitrogen and oxygen atoms in total. The molecule has 1 atom stereocenters. The van der Waals surface area contributed by atoms with Crippen LogP contribution in [-0.2, 0) is 30.7 Å². The number of fused-ring (bicyclic) bond motifs is 3. The smallest absolute Gasteiger partial charge is 0.0253 e. The van der Waals surface area contributed by atoms with Gasteiger partial charge in [0.25, 0.3) is 0 Å². The van der Waals surface area contributed by atoms with Gasteiger partial charge in [-0.3, -0.25) is 6.08 Å². The van der Waals surface area contributed by atoms with Crippen molar-refractivity contribution in [2.24, 2.45) is 5.92 Å². The Morgan fingerprint density at radius 1 is 0.667 bits per heavy atom. The molecular weight excluding hydrogens is 584 g/mol. The van der Waals surface area contributed by atoms with E-state index >= 15 is 0 Å². The normalized spacial score (nSPS) is 14.3. The Labute approximate surface area is 266 Å². The van der Waals surface area contributed by atoms with Crippen LogP contribution >= 0.6 is 0 Å². The second-order valence-corrected chi connectivity index (χ2v) is 12.2. The Kier molecular flexibility index (Phi) is 9.94. The molecule has 0 amide bonds. The average molecular weight is 620 g/mol. The van der Waals surface area contributed by atoms with E-state index in [1.165, 1.54) is 88.7 Å². The third kappa shape index (κ3) is 7.39. The first kappa shape index (κ1) is 29.8. The van der Waals surface area contributed by atoms with Gasteiger partial charge in [-0.15, -0.1) is 11.1 Å². The Bertz CT molecular complexity index is 1630. The van der Waals surface area contributed by atoms with Gasteiger partial charge in [0, 0.05) is 0 Å². The van der Waals surface area contributed by atoms with E-state index < -0.39 is 0 Å². The maximum Gasteiger partial charge on any atom is -0.0253 e. The molecule has 0 spiro atoms. The molecule has 42 heavy (non-hydrogen) atoms. The van der Waals surface area contributed by atoms with Gasteiger partial charge in [-0.1, -0.05) is 85.5 Å². The SMILES string of the molecule is CC1=[C-]C(C)C=C1c1ccccc1.Cc1ccc([C](=[Zr+2])c2ccc(C)cc2)cc1.[c-]1cccc2c1Cc1ccccc1-2. The number of hydrogen-bond donors (Lipinski definition) is 0. The van der Waals surface area contributed by atoms with E-state index in [0.29, 0.717) is 5.92 Å². The number of allylic oxidation sites excluding steroid dienone is 4. The number of rotatable bonds is 3. The maximum atomic E-state index is 3.39. The summed E-state index contributed by atoms with van der Waals surface area (Å²) < 4.78 is 1.42. The van der Waals surface area contributed by atoms with E-state index in [1.54, 1.807) is 0 Å². The van der Waals surface area contributed by atoms with Crippen molar-refractivity contribution in [2.75, 3.05) is 0 Å². The first-order valence-electron chi connectivity index (χ1n) is 14.6. The monoisotopic (exact) mass is 618 g/mol. The van der Waals surface area contributed by atoms with E-state index in [0.717, 1.165) is 6.42 Å². The summed E-state index contributed by atoms with van der Waals surface area (Å²) in [4.78, 5) is 0. The summed E-state index contributed by atoms with van der Waals surface area (Å²) in [7, 11) is 0. The average Bonchev–Trinajstić information content (AvgIpc) is 3.57. The molecule has 2 aliphatic carbocycles. The minimum Gasteiger partial charge on any atom is -0.179 e. The summed E-state index contributed by atoms with van der Waals surface area (Å²) in [5.74, 6) is 0.468. The van der Waals surface area contributed by atoms with E-state index in [-0.39, 0.29) is 0 Å². The van der Waals surface area contributed by atoms with Crippen LogP contribution in [0.2, 0.25) is 0 Å². The predicted molar refractivity (Wildman–Crippen MR) is 175 cm³/mol. The zero-order chi connectivity index (χ0) is 29.5. The first-order valence-corrected chi connectivity index (χ1v) is 15.8. The molecule has 0 saturated heterocycles. The summed E-state index contributed by atoms with van der Waals surface area (Å²) in [6.07, 6.45) is 6.71. The van der Waals surface area contributed by atoms with E-state index in [2.05, 4.69) is 155 Å². The van der Waals surface area contributed by atoms with Gasteiger partial charge in [0.2, 0.25) is 0 Å². The van der Waals surface area contributed by atoms with Crippen LogP contribution in [0.25, 0.3) is 16.7 Å². The van der Waals surface area contributed by atoms with Crippen molar-refractivity contribution in [3.05, 3.63) is 184 Å². The van der Waals surface area contributed by atoms with Gasteiger partial charge in [-0.25, -0.2) is 5.57 Å². The van der Waals surface area contributed by atoms with E-state index in [9.17, 15) is 0 Å². The molecule has 1 unspecified atom stereocenters. The van der Waals surface area contributed by atoms with Crippen LogP contribution in [0.1, 0.15) is 52.8 Å². The minimum absolute atomic E-state index is 0.468. The fourth-order valence-corrected chi connectivity index (χ4v) is 6.19. The fourth-order valence-electron chi connectivity index (χ4n) is 5.37. The second kappa shape index (κ2) is 14.0. The standard InChI is InChI=1S/C15H14.C13H9.C13H13.Zr/c1-12-3-7-14(8-4-12)11-15-9-5-13(2)6-10-15;1-3-7-12-10(5-1)9-11-6-2-4-8-13(11)12;1-10-8-11(2)13(9-10)12-6-4-3-5-7-12;/h3-10H,1-2H3;1-5,7-8H,9H2;3-7,9-10H,1-2H3;/q;2*-1;+2. The molecule has 0 N–H and O–H groups in total. The maximum absolute atomic E-state index is 3.39. The quantitative estimate of drug-likeness (QED) is 0.173. The van der Waals surface area contributed by atoms with Gasteiger partial charge >= 0.3 is 112 Å². The summed E-state index contributed by atoms with van der Waals surface area (Å²) in [5.41, 5.74) is 14.7. The second-order valence-electron chi connectivity index (χ2n) is 11.0. The molecule has 0 aromatic heterocycles. The van der Waals surface area contributed by atoms with Gasteiger partial charge < -0.3 is 0 Å². The molecule has 2 aliphatic rings. The molecule has 5 aromatic rings. The summed E-state index contributed by atoms with van der Waals surface area (Å²) in [5, 5.41) is 0. The van der Waals surface area contributed by atoms with Gasteiger partial charge in [0.1, 0.15) is 0 Å². The molecule has 0 radical (unpaired) electrons. The van der Waals surface area contributed by atoms with Crippen LogP contribution in [0, 0.1) is 31.9 Å². The van der Waals surface area contributed by atoms with Crippen LogP contribution in [0.3, 0.4) is 0 Å². The first-order chi connectivity index (χ1) is 20.4. The Morgan fingerprint density at radius 2 is 1.24 bits per heavy atom. The topological polar surface area (TPSA) is 0 Å². The molecule has 0 aliphatic heterocycles. The minimum atomic E-state index is 0.468. The van der Waals surface area contributed by atoms with Crippen molar-refractivity contribution in [2.45, 2.75) is 34.1 Å². The van der Waals surface area contributed by atoms with Crippen LogP contribution in [0.5, 0.6) is 0 Å². The van der Waals surface area contributed by atoms with Crippen molar-refractivity contribution in [1.82, 2.24) is 0 Å². The third-order valence-corrected chi connectivity index (χ3v) is 9.07. The molecule has 1 heteroatoms. The van der Waals surface area contributed by atoms with Crippen molar-refractivity contribution >= 4 is 8.78 Å². The molecule has 5 aromatic carbocycles. The molecule has 0 bridgehead atoms. The van der Waals surface area contributed by atoms with Crippen LogP contribution in [0.4, 0.5) is 0 Å². The number of aryl methyl sites for hydroxylation is 2. The van der Waals surface area contributed by atoms with Crippen LogP contribution in [0.15, 0.2) is 133 Å². The predicted octanol–water partition coefficient (Wildman–Crippen LogP) is 9.95. The summed E-state index contributed by atoms with van der Waals surface area (Å²) >= 11 is 1.46. The number of benzene rings is 5.